The molecular weight excluding hydrogens is 407 g/mol. The van der Waals surface area contributed by atoms with Gasteiger partial charge in [-0.15, -0.1) is 0 Å². The minimum atomic E-state index is -1.14. The van der Waals surface area contributed by atoms with Crippen molar-refractivity contribution < 1.29 is 4.74 Å². The molecule has 0 fully saturated rings. The van der Waals surface area contributed by atoms with Crippen LogP contribution in [-0.4, -0.2) is 24.2 Å². The maximum atomic E-state index is 6.44. The predicted octanol–water partition coefficient (Wildman–Crippen LogP) is 6.98. The molecule has 138 valence electrons. The lowest BCUT2D eigenvalue weighted by molar-refractivity contribution is 0.0913. The fraction of sp³-hybridized carbons (Fsp3) is 0.316. The SMILES string of the molecule is C[Si](C)(C)CCOCn1c(-c2c(Cl)cccc2Cl)cc2cnc(Cl)cc21. The molecule has 3 rings (SSSR count). The van der Waals surface area contributed by atoms with Crippen LogP contribution in [0.1, 0.15) is 0 Å². The molecule has 0 atom stereocenters. The molecule has 0 saturated carbocycles. The molecule has 0 amide bonds. The average Bonchev–Trinajstić information content (AvgIpc) is 2.88. The highest BCUT2D eigenvalue weighted by molar-refractivity contribution is 6.76. The van der Waals surface area contributed by atoms with Crippen molar-refractivity contribution in [1.82, 2.24) is 9.55 Å². The number of fused-ring (bicyclic) bond motifs is 1. The third-order valence-corrected chi connectivity index (χ3v) is 6.73. The van der Waals surface area contributed by atoms with Crippen molar-refractivity contribution in [2.75, 3.05) is 6.61 Å². The van der Waals surface area contributed by atoms with Crippen molar-refractivity contribution >= 4 is 53.8 Å². The Balaban J connectivity index is 2.02. The molecule has 0 aliphatic rings. The van der Waals surface area contributed by atoms with Gasteiger partial charge in [0.05, 0.1) is 21.3 Å². The van der Waals surface area contributed by atoms with E-state index in [9.17, 15) is 0 Å². The van der Waals surface area contributed by atoms with Crippen LogP contribution in [0.5, 0.6) is 0 Å². The van der Waals surface area contributed by atoms with Crippen LogP contribution in [0.15, 0.2) is 36.5 Å². The Hall–Kier alpha value is -1.04. The van der Waals surface area contributed by atoms with Gasteiger partial charge in [-0.05, 0) is 30.3 Å². The number of benzene rings is 1. The van der Waals surface area contributed by atoms with E-state index in [1.165, 1.54) is 0 Å². The summed E-state index contributed by atoms with van der Waals surface area (Å²) in [6, 6.07) is 10.5. The van der Waals surface area contributed by atoms with Gasteiger partial charge in [-0.25, -0.2) is 4.98 Å². The first-order chi connectivity index (χ1) is 12.3. The van der Waals surface area contributed by atoms with Gasteiger partial charge >= 0.3 is 0 Å². The van der Waals surface area contributed by atoms with E-state index in [2.05, 4.69) is 29.2 Å². The first-order valence-corrected chi connectivity index (χ1v) is 13.3. The zero-order valence-electron chi connectivity index (χ0n) is 15.0. The standard InChI is InChI=1S/C19H21Cl3N2OSi/c1-26(2,3)8-7-25-12-24-16-10-18(22)23-11-13(16)9-17(24)19-14(20)5-4-6-15(19)21/h4-6,9-11H,7-8,12H2,1-3H3. The minimum absolute atomic E-state index is 0.408. The van der Waals surface area contributed by atoms with Crippen LogP contribution in [-0.2, 0) is 11.5 Å². The molecule has 0 aliphatic heterocycles. The summed E-state index contributed by atoms with van der Waals surface area (Å²) >= 11 is 19.0. The lowest BCUT2D eigenvalue weighted by Crippen LogP contribution is -2.22. The summed E-state index contributed by atoms with van der Waals surface area (Å²) in [6.45, 7) is 8.14. The molecule has 0 bridgehead atoms. The van der Waals surface area contributed by atoms with E-state index in [1.807, 2.05) is 30.3 Å². The average molecular weight is 428 g/mol. The van der Waals surface area contributed by atoms with Gasteiger partial charge in [0.15, 0.2) is 0 Å². The summed E-state index contributed by atoms with van der Waals surface area (Å²) < 4.78 is 8.05. The van der Waals surface area contributed by atoms with Gasteiger partial charge in [-0.3, -0.25) is 0 Å². The Kier molecular flexibility index (Phi) is 6.00. The molecule has 0 N–H and O–H groups in total. The number of pyridine rings is 1. The van der Waals surface area contributed by atoms with Crippen LogP contribution < -0.4 is 0 Å². The Morgan fingerprint density at radius 1 is 1.08 bits per heavy atom. The van der Waals surface area contributed by atoms with Crippen molar-refractivity contribution in [2.45, 2.75) is 32.4 Å². The van der Waals surface area contributed by atoms with Gasteiger partial charge in [0.2, 0.25) is 0 Å². The highest BCUT2D eigenvalue weighted by atomic mass is 35.5. The van der Waals surface area contributed by atoms with E-state index in [1.54, 1.807) is 6.20 Å². The molecule has 2 aromatic heterocycles. The van der Waals surface area contributed by atoms with Gasteiger partial charge in [0.25, 0.3) is 0 Å². The number of hydrogen-bond acceptors (Lipinski definition) is 2. The Labute approximate surface area is 169 Å². The van der Waals surface area contributed by atoms with Crippen LogP contribution in [0.4, 0.5) is 0 Å². The number of halogens is 3. The van der Waals surface area contributed by atoms with Crippen molar-refractivity contribution in [2.24, 2.45) is 0 Å². The molecular formula is C19H21Cl3N2OSi. The van der Waals surface area contributed by atoms with Crippen molar-refractivity contribution in [3.63, 3.8) is 0 Å². The number of nitrogens with zero attached hydrogens (tertiary/aromatic N) is 2. The fourth-order valence-electron chi connectivity index (χ4n) is 2.75. The van der Waals surface area contributed by atoms with Crippen molar-refractivity contribution in [3.8, 4) is 11.3 Å². The van der Waals surface area contributed by atoms with Crippen molar-refractivity contribution in [3.05, 3.63) is 51.7 Å². The molecule has 2 heterocycles. The summed E-state index contributed by atoms with van der Waals surface area (Å²) in [6.07, 6.45) is 1.75. The van der Waals surface area contributed by atoms with Gasteiger partial charge in [0.1, 0.15) is 11.9 Å². The maximum absolute atomic E-state index is 6.44. The second-order valence-corrected chi connectivity index (χ2v) is 14.3. The van der Waals surface area contributed by atoms with Crippen molar-refractivity contribution in [1.29, 1.82) is 0 Å². The minimum Gasteiger partial charge on any atom is -0.361 e. The Bertz CT molecular complexity index is 914. The third kappa shape index (κ3) is 4.43. The van der Waals surface area contributed by atoms with Gasteiger partial charge < -0.3 is 9.30 Å². The van der Waals surface area contributed by atoms with Crippen LogP contribution in [0, 0.1) is 0 Å². The highest BCUT2D eigenvalue weighted by Gasteiger charge is 2.17. The van der Waals surface area contributed by atoms with E-state index in [0.29, 0.717) is 21.9 Å². The van der Waals surface area contributed by atoms with E-state index in [-0.39, 0.29) is 0 Å². The van der Waals surface area contributed by atoms with E-state index in [0.717, 1.165) is 34.8 Å². The highest BCUT2D eigenvalue weighted by Crippen LogP contribution is 2.38. The van der Waals surface area contributed by atoms with Gasteiger partial charge in [-0.1, -0.05) is 60.5 Å². The van der Waals surface area contributed by atoms with Crippen LogP contribution >= 0.6 is 34.8 Å². The van der Waals surface area contributed by atoms with E-state index in [4.69, 9.17) is 39.5 Å². The zero-order chi connectivity index (χ0) is 18.9. The van der Waals surface area contributed by atoms with E-state index >= 15 is 0 Å². The Morgan fingerprint density at radius 2 is 1.77 bits per heavy atom. The number of ether oxygens (including phenoxy) is 1. The summed E-state index contributed by atoms with van der Waals surface area (Å²) in [5.74, 6) is 0. The van der Waals surface area contributed by atoms with Crippen LogP contribution in [0.25, 0.3) is 22.2 Å². The fourth-order valence-corrected chi connectivity index (χ4v) is 4.25. The second-order valence-electron chi connectivity index (χ2n) is 7.47. The summed E-state index contributed by atoms with van der Waals surface area (Å²) in [4.78, 5) is 4.18. The molecule has 3 nitrogen and oxygen atoms in total. The molecule has 1 aromatic carbocycles. The van der Waals surface area contributed by atoms with Crippen LogP contribution in [0.3, 0.4) is 0 Å². The molecule has 0 saturated heterocycles. The smallest absolute Gasteiger partial charge is 0.131 e. The zero-order valence-corrected chi connectivity index (χ0v) is 18.3. The largest absolute Gasteiger partial charge is 0.361 e. The number of hydrogen-bond donors (Lipinski definition) is 0. The lowest BCUT2D eigenvalue weighted by Gasteiger charge is -2.17. The lowest BCUT2D eigenvalue weighted by atomic mass is 10.1. The normalized spacial score (nSPS) is 12.1. The van der Waals surface area contributed by atoms with Gasteiger partial charge in [-0.2, -0.15) is 0 Å². The topological polar surface area (TPSA) is 27.1 Å². The number of aromatic nitrogens is 2. The Morgan fingerprint density at radius 3 is 2.42 bits per heavy atom. The number of rotatable bonds is 6. The third-order valence-electron chi connectivity index (χ3n) is 4.19. The van der Waals surface area contributed by atoms with E-state index < -0.39 is 8.07 Å². The summed E-state index contributed by atoms with van der Waals surface area (Å²) in [5, 5.41) is 2.61. The molecule has 26 heavy (non-hydrogen) atoms. The molecule has 7 heteroatoms. The molecule has 0 radical (unpaired) electrons. The molecule has 0 aliphatic carbocycles. The monoisotopic (exact) mass is 426 g/mol. The maximum Gasteiger partial charge on any atom is 0.131 e. The quantitative estimate of drug-likeness (QED) is 0.241. The van der Waals surface area contributed by atoms with Crippen LogP contribution in [0.2, 0.25) is 40.9 Å². The van der Waals surface area contributed by atoms with Gasteiger partial charge in [0, 0.05) is 31.8 Å². The predicted molar refractivity (Wildman–Crippen MR) is 114 cm³/mol. The molecule has 0 unspecified atom stereocenters. The second kappa shape index (κ2) is 7.91. The summed E-state index contributed by atoms with van der Waals surface area (Å²) in [5.41, 5.74) is 2.63. The first kappa shape index (κ1) is 19.7. The molecule has 0 spiro atoms. The molecule has 3 aromatic rings. The summed E-state index contributed by atoms with van der Waals surface area (Å²) in [7, 11) is -1.14. The first-order valence-electron chi connectivity index (χ1n) is 8.43.